The molecule has 2 aliphatic rings. The van der Waals surface area contributed by atoms with Crippen molar-refractivity contribution < 1.29 is 9.52 Å². The van der Waals surface area contributed by atoms with Crippen LogP contribution in [0.4, 0.5) is 0 Å². The molecule has 0 spiro atoms. The van der Waals surface area contributed by atoms with Crippen LogP contribution in [-0.4, -0.2) is 5.11 Å². The summed E-state index contributed by atoms with van der Waals surface area (Å²) in [7, 11) is 0. The quantitative estimate of drug-likeness (QED) is 0.801. The second-order valence-electron chi connectivity index (χ2n) is 5.49. The van der Waals surface area contributed by atoms with Crippen LogP contribution >= 0.6 is 0 Å². The van der Waals surface area contributed by atoms with E-state index in [9.17, 15) is 5.11 Å². The van der Waals surface area contributed by atoms with Gasteiger partial charge in [-0.3, -0.25) is 0 Å². The molecule has 0 aromatic carbocycles. The Morgan fingerprint density at radius 3 is 2.82 bits per heavy atom. The topological polar surface area (TPSA) is 33.4 Å². The van der Waals surface area contributed by atoms with Crippen molar-refractivity contribution in [1.82, 2.24) is 0 Å². The number of furan rings is 1. The zero-order valence-corrected chi connectivity index (χ0v) is 10.4. The lowest BCUT2D eigenvalue weighted by atomic mass is 9.94. The van der Waals surface area contributed by atoms with Crippen LogP contribution in [0.5, 0.6) is 0 Å². The van der Waals surface area contributed by atoms with Crippen LogP contribution in [-0.2, 0) is 0 Å². The largest absolute Gasteiger partial charge is 0.463 e. The molecule has 2 heteroatoms. The van der Waals surface area contributed by atoms with Crippen LogP contribution in [0.15, 0.2) is 28.2 Å². The van der Waals surface area contributed by atoms with Crippen molar-refractivity contribution in [2.75, 3.05) is 0 Å². The Labute approximate surface area is 102 Å². The second-order valence-corrected chi connectivity index (χ2v) is 5.49. The third-order valence-electron chi connectivity index (χ3n) is 4.07. The molecule has 2 aliphatic carbocycles. The summed E-state index contributed by atoms with van der Waals surface area (Å²) in [5, 5.41) is 10.3. The molecule has 1 aromatic rings. The van der Waals surface area contributed by atoms with Crippen LogP contribution < -0.4 is 0 Å². The van der Waals surface area contributed by atoms with Crippen molar-refractivity contribution >= 4 is 0 Å². The minimum absolute atomic E-state index is 0.516. The molecule has 1 N–H and O–H groups in total. The molecular weight excluding hydrogens is 212 g/mol. The molecule has 1 fully saturated rings. The highest BCUT2D eigenvalue weighted by atomic mass is 16.4. The Hall–Kier alpha value is -1.02. The third kappa shape index (κ3) is 2.19. The summed E-state index contributed by atoms with van der Waals surface area (Å²) >= 11 is 0. The Kier molecular flexibility index (Phi) is 2.83. The highest BCUT2D eigenvalue weighted by molar-refractivity contribution is 5.24. The van der Waals surface area contributed by atoms with Gasteiger partial charge in [0.1, 0.15) is 17.6 Å². The molecule has 1 aromatic heterocycles. The van der Waals surface area contributed by atoms with Gasteiger partial charge >= 0.3 is 0 Å². The van der Waals surface area contributed by atoms with Gasteiger partial charge in [0.2, 0.25) is 0 Å². The van der Waals surface area contributed by atoms with Crippen LogP contribution in [0.25, 0.3) is 0 Å². The van der Waals surface area contributed by atoms with E-state index < -0.39 is 6.10 Å². The van der Waals surface area contributed by atoms with Gasteiger partial charge in [-0.1, -0.05) is 13.0 Å². The van der Waals surface area contributed by atoms with E-state index in [-0.39, 0.29) is 0 Å². The Balaban J connectivity index is 1.74. The second kappa shape index (κ2) is 4.34. The highest BCUT2D eigenvalue weighted by Crippen LogP contribution is 2.48. The SMILES string of the molecule is CC1CC1c1ccc(C(O)C2=CCCCC2)o1. The molecule has 0 amide bonds. The predicted molar refractivity (Wildman–Crippen MR) is 66.7 cm³/mol. The molecule has 3 unspecified atom stereocenters. The maximum Gasteiger partial charge on any atom is 0.136 e. The van der Waals surface area contributed by atoms with Crippen LogP contribution in [0.2, 0.25) is 0 Å². The zero-order chi connectivity index (χ0) is 11.8. The summed E-state index contributed by atoms with van der Waals surface area (Å²) in [5.41, 5.74) is 1.14. The van der Waals surface area contributed by atoms with E-state index in [1.54, 1.807) is 0 Å². The van der Waals surface area contributed by atoms with E-state index in [0.29, 0.717) is 5.92 Å². The summed E-state index contributed by atoms with van der Waals surface area (Å²) in [4.78, 5) is 0. The van der Waals surface area contributed by atoms with Gasteiger partial charge in [0.25, 0.3) is 0 Å². The van der Waals surface area contributed by atoms with Gasteiger partial charge in [0.15, 0.2) is 0 Å². The summed E-state index contributed by atoms with van der Waals surface area (Å²) in [5.74, 6) is 3.13. The van der Waals surface area contributed by atoms with Crippen molar-refractivity contribution in [2.24, 2.45) is 5.92 Å². The van der Waals surface area contributed by atoms with Crippen molar-refractivity contribution in [1.29, 1.82) is 0 Å². The Morgan fingerprint density at radius 1 is 1.35 bits per heavy atom. The normalized spacial score (nSPS) is 29.9. The maximum atomic E-state index is 10.3. The van der Waals surface area contributed by atoms with Crippen molar-refractivity contribution in [3.05, 3.63) is 35.3 Å². The van der Waals surface area contributed by atoms with E-state index in [1.807, 2.05) is 12.1 Å². The lowest BCUT2D eigenvalue weighted by Crippen LogP contribution is -2.03. The van der Waals surface area contributed by atoms with E-state index in [1.165, 1.54) is 19.3 Å². The first-order chi connectivity index (χ1) is 8.25. The molecule has 17 heavy (non-hydrogen) atoms. The van der Waals surface area contributed by atoms with Crippen molar-refractivity contribution in [2.45, 2.75) is 51.0 Å². The van der Waals surface area contributed by atoms with E-state index >= 15 is 0 Å². The summed E-state index contributed by atoms with van der Waals surface area (Å²) in [6.07, 6.45) is 7.44. The van der Waals surface area contributed by atoms with Gasteiger partial charge in [0.05, 0.1) is 0 Å². The molecule has 3 atom stereocenters. The molecular formula is C15H20O2. The van der Waals surface area contributed by atoms with Crippen LogP contribution in [0.3, 0.4) is 0 Å². The molecule has 0 radical (unpaired) electrons. The van der Waals surface area contributed by atoms with Gasteiger partial charge in [-0.2, -0.15) is 0 Å². The lowest BCUT2D eigenvalue weighted by molar-refractivity contribution is 0.176. The van der Waals surface area contributed by atoms with Gasteiger partial charge < -0.3 is 9.52 Å². The number of hydrogen-bond acceptors (Lipinski definition) is 2. The third-order valence-corrected chi connectivity index (χ3v) is 4.07. The molecule has 2 nitrogen and oxygen atoms in total. The number of aliphatic hydroxyl groups excluding tert-OH is 1. The number of aliphatic hydroxyl groups is 1. The first kappa shape index (κ1) is 11.1. The van der Waals surface area contributed by atoms with E-state index in [2.05, 4.69) is 13.0 Å². The molecule has 0 saturated heterocycles. The van der Waals surface area contributed by atoms with E-state index in [0.717, 1.165) is 35.9 Å². The van der Waals surface area contributed by atoms with Gasteiger partial charge in [-0.05, 0) is 55.7 Å². The first-order valence-electron chi connectivity index (χ1n) is 6.72. The van der Waals surface area contributed by atoms with Gasteiger partial charge in [0, 0.05) is 5.92 Å². The molecule has 3 rings (SSSR count). The van der Waals surface area contributed by atoms with Gasteiger partial charge in [-0.15, -0.1) is 0 Å². The fourth-order valence-electron chi connectivity index (χ4n) is 2.73. The number of allylic oxidation sites excluding steroid dienone is 1. The average molecular weight is 232 g/mol. The summed E-state index contributed by atoms with van der Waals surface area (Å²) in [6.45, 7) is 2.24. The van der Waals surface area contributed by atoms with Crippen LogP contribution in [0, 0.1) is 5.92 Å². The standard InChI is InChI=1S/C15H20O2/c1-10-9-12(10)13-7-8-14(17-13)15(16)11-5-3-2-4-6-11/h5,7-8,10,12,15-16H,2-4,6,9H2,1H3. The Bertz CT molecular complexity index is 430. The minimum atomic E-state index is -0.516. The number of rotatable bonds is 3. The zero-order valence-electron chi connectivity index (χ0n) is 10.4. The highest BCUT2D eigenvalue weighted by Gasteiger charge is 2.37. The monoisotopic (exact) mass is 232 g/mol. The molecule has 0 bridgehead atoms. The average Bonchev–Trinajstić information content (AvgIpc) is 2.92. The molecule has 0 aliphatic heterocycles. The predicted octanol–water partition coefficient (Wildman–Crippen LogP) is 3.94. The van der Waals surface area contributed by atoms with Crippen molar-refractivity contribution in [3.8, 4) is 0 Å². The fraction of sp³-hybridized carbons (Fsp3) is 0.600. The van der Waals surface area contributed by atoms with Gasteiger partial charge in [-0.25, -0.2) is 0 Å². The summed E-state index contributed by atoms with van der Waals surface area (Å²) < 4.78 is 5.80. The first-order valence-corrected chi connectivity index (χ1v) is 6.72. The van der Waals surface area contributed by atoms with Crippen molar-refractivity contribution in [3.63, 3.8) is 0 Å². The number of hydrogen-bond donors (Lipinski definition) is 1. The lowest BCUT2D eigenvalue weighted by Gasteiger charge is -2.16. The molecule has 1 heterocycles. The van der Waals surface area contributed by atoms with E-state index in [4.69, 9.17) is 4.42 Å². The minimum Gasteiger partial charge on any atom is -0.463 e. The molecule has 92 valence electrons. The fourth-order valence-corrected chi connectivity index (χ4v) is 2.73. The summed E-state index contributed by atoms with van der Waals surface area (Å²) in [6, 6.07) is 3.98. The van der Waals surface area contributed by atoms with Crippen LogP contribution in [0.1, 0.15) is 62.6 Å². The Morgan fingerprint density at radius 2 is 2.18 bits per heavy atom. The smallest absolute Gasteiger partial charge is 0.136 e. The molecule has 1 saturated carbocycles. The maximum absolute atomic E-state index is 10.3.